The fourth-order valence-electron chi connectivity index (χ4n) is 8.36. The number of ether oxygens (including phenoxy) is 2. The number of aromatic nitrogens is 2. The molecule has 0 aliphatic heterocycles. The fourth-order valence-corrected chi connectivity index (χ4v) is 11.5. The Morgan fingerprint density at radius 2 is 0.789 bits per heavy atom. The SMILES string of the molecule is CC(C)(C)OC(=O)N(C(=O)c1ccc([N+](=O)[O-])cc1)c1cccs1.CC(C)(C)OC(=O)Nc1cccs1.NCc1ccncc1.Nc1ccc(C(=O)Nc2cccs2)cc1.O=C(NCc1ccncc1)Nc1ccc(C(=O)Nc2cccs2)cc1.O=C(Nc1cccs1)c1ccc([N+](=O)[O-])cc1.O=C(O)c1ccc([N+](=O)[O-])cc1. The summed E-state index contributed by atoms with van der Waals surface area (Å²) < 4.78 is 10.4. The van der Waals surface area contributed by atoms with Crippen LogP contribution in [0.2, 0.25) is 0 Å². The maximum atomic E-state index is 12.7. The van der Waals surface area contributed by atoms with E-state index in [0.29, 0.717) is 46.2 Å². The van der Waals surface area contributed by atoms with Crippen LogP contribution in [0.5, 0.6) is 0 Å². The van der Waals surface area contributed by atoms with Crippen LogP contribution in [0.4, 0.5) is 67.8 Å². The van der Waals surface area contributed by atoms with Gasteiger partial charge in [-0.1, -0.05) is 0 Å². The highest BCUT2D eigenvalue weighted by Gasteiger charge is 2.31. The Kier molecular flexibility index (Phi) is 35.5. The molecule has 0 saturated heterocycles. The van der Waals surface area contributed by atoms with Crippen LogP contribution < -0.4 is 48.3 Å². The molecular weight excluding hydrogens is 1570 g/mol. The number of carboxylic acid groups (broad SMARTS) is 1. The highest BCUT2D eigenvalue weighted by atomic mass is 32.1. The summed E-state index contributed by atoms with van der Waals surface area (Å²) in [5, 5.41) is 69.0. The number of carbonyl (C=O) groups is 8. The first-order valence-corrected chi connectivity index (χ1v) is 37.9. The van der Waals surface area contributed by atoms with Gasteiger partial charge in [0.1, 0.15) is 16.2 Å². The van der Waals surface area contributed by atoms with E-state index in [-0.39, 0.29) is 51.9 Å². The predicted octanol–water partition coefficient (Wildman–Crippen LogP) is 18.4. The molecule has 0 spiro atoms. The van der Waals surface area contributed by atoms with Gasteiger partial charge >= 0.3 is 24.2 Å². The molecule has 12 rings (SSSR count). The van der Waals surface area contributed by atoms with Crippen molar-refractivity contribution in [1.82, 2.24) is 15.3 Å². The van der Waals surface area contributed by atoms with Crippen molar-refractivity contribution in [2.45, 2.75) is 65.8 Å². The Bertz CT molecular complexity index is 4990. The van der Waals surface area contributed by atoms with Crippen LogP contribution in [0.3, 0.4) is 0 Å². The number of benzene rings is 5. The second-order valence-electron chi connectivity index (χ2n) is 24.6. The van der Waals surface area contributed by atoms with Crippen LogP contribution >= 0.6 is 56.7 Å². The Labute approximate surface area is 672 Å². The highest BCUT2D eigenvalue weighted by Crippen LogP contribution is 2.28. The van der Waals surface area contributed by atoms with Gasteiger partial charge in [-0.2, -0.15) is 0 Å². The standard InChI is InChI=1S/C18H16N4O2S.C16H16N2O5S.C11H8N2O3S.C11H10N2OS.C9H13NO2S.C7H5NO4.C6H8N2/c23-17(22-16-2-1-11-25-16)14-3-5-15(6-4-14)21-18(24)20-12-13-7-9-19-10-8-13;1-16(2,3)23-15(20)17(13-5-4-10-24-13)14(19)11-6-8-12(9-7-11)18(21)22;14-11(12-10-2-1-7-17-10)8-3-5-9(6-4-8)13(15)16;12-9-5-3-8(4-6-9)11(14)13-10-2-1-7-15-10;1-9(2,3)12-8(11)10-7-5-4-6-13-7;9-7(10)5-1-3-6(4-2-5)8(11)12;7-5-6-1-3-8-4-2-6/h1-11H,12H2,(H,22,23)(H2,20,21,24);4-10H,1-3H3;1-7H,(H,12,14);1-7H,12H2,(H,13,14);4-6H,1-3H3,(H,10,11);1-4H,(H,9,10);1-4H,5,7H2. The monoisotopic (exact) mass is 1640 g/mol. The quantitative estimate of drug-likeness (QED) is 0.0232. The van der Waals surface area contributed by atoms with Gasteiger partial charge in [-0.15, -0.1) is 56.7 Å². The van der Waals surface area contributed by atoms with Crippen LogP contribution in [-0.2, 0) is 22.6 Å². The van der Waals surface area contributed by atoms with Gasteiger partial charge in [-0.25, -0.2) is 24.1 Å². The number of non-ortho nitro benzene ring substituents is 3. The van der Waals surface area contributed by atoms with E-state index in [9.17, 15) is 68.7 Å². The lowest BCUT2D eigenvalue weighted by Crippen LogP contribution is -2.40. The number of nitro benzene ring substituents is 3. The lowest BCUT2D eigenvalue weighted by atomic mass is 10.2. The van der Waals surface area contributed by atoms with Crippen LogP contribution in [0.15, 0.2) is 258 Å². The summed E-state index contributed by atoms with van der Waals surface area (Å²) in [6.45, 7) is 11.6. The lowest BCUT2D eigenvalue weighted by Gasteiger charge is -2.25. The minimum Gasteiger partial charge on any atom is -0.478 e. The molecular formula is C78H76N14O17S5. The maximum absolute atomic E-state index is 12.7. The second-order valence-corrected chi connectivity index (χ2v) is 29.3. The van der Waals surface area contributed by atoms with E-state index in [1.807, 2.05) is 109 Å². The first-order valence-electron chi connectivity index (χ1n) is 33.5. The number of rotatable bonds is 17. The molecule has 0 radical (unpaired) electrons. The number of amides is 8. The average molecular weight is 1640 g/mol. The number of carboxylic acids is 1. The number of nitrogens with one attached hydrogen (secondary N) is 6. The van der Waals surface area contributed by atoms with Gasteiger partial charge in [0.25, 0.3) is 40.7 Å². The molecule has 11 N–H and O–H groups in total. The lowest BCUT2D eigenvalue weighted by molar-refractivity contribution is -0.385. The molecule has 0 bridgehead atoms. The van der Waals surface area contributed by atoms with E-state index >= 15 is 0 Å². The molecule has 7 heterocycles. The van der Waals surface area contributed by atoms with Crippen molar-refractivity contribution in [3.8, 4) is 0 Å². The largest absolute Gasteiger partial charge is 0.478 e. The third-order valence-corrected chi connectivity index (χ3v) is 17.7. The zero-order chi connectivity index (χ0) is 83.2. The summed E-state index contributed by atoms with van der Waals surface area (Å²) in [5.74, 6) is -2.28. The molecule has 0 saturated carbocycles. The van der Waals surface area contributed by atoms with Gasteiger partial charge < -0.3 is 52.6 Å². The number of urea groups is 1. The molecule has 7 aromatic heterocycles. The third kappa shape index (κ3) is 32.8. The minimum absolute atomic E-state index is 0.0299. The summed E-state index contributed by atoms with van der Waals surface area (Å²) in [4.78, 5) is 132. The first-order chi connectivity index (χ1) is 54.3. The molecule has 5 aromatic carbocycles. The Balaban J connectivity index is 0.000000213. The van der Waals surface area contributed by atoms with Crippen molar-refractivity contribution >= 4 is 158 Å². The molecule has 0 aliphatic rings. The number of nitrogens with two attached hydrogens (primary N) is 2. The van der Waals surface area contributed by atoms with Crippen molar-refractivity contribution in [3.05, 3.63) is 327 Å². The molecule has 12 aromatic rings. The Hall–Kier alpha value is -13.8. The number of thiophene rings is 5. The number of nitrogen functional groups attached to an aromatic ring is 1. The molecule has 36 heteroatoms. The summed E-state index contributed by atoms with van der Waals surface area (Å²) in [6, 6.07) is 54.1. The molecule has 114 heavy (non-hydrogen) atoms. The van der Waals surface area contributed by atoms with Crippen LogP contribution in [0.1, 0.15) is 104 Å². The van der Waals surface area contributed by atoms with E-state index in [1.165, 1.54) is 117 Å². The number of hydrogen-bond donors (Lipinski definition) is 9. The van der Waals surface area contributed by atoms with E-state index in [1.54, 1.807) is 118 Å². The number of carbonyl (C=O) groups excluding carboxylic acids is 7. The van der Waals surface area contributed by atoms with Crippen LogP contribution in [-0.4, -0.2) is 88.9 Å². The number of imide groups is 1. The Morgan fingerprint density at radius 3 is 1.13 bits per heavy atom. The van der Waals surface area contributed by atoms with Gasteiger partial charge in [0.05, 0.1) is 40.3 Å². The van der Waals surface area contributed by atoms with E-state index in [2.05, 4.69) is 41.9 Å². The smallest absolute Gasteiger partial charge is 0.422 e. The molecule has 0 fully saturated rings. The van der Waals surface area contributed by atoms with Crippen LogP contribution in [0, 0.1) is 30.3 Å². The highest BCUT2D eigenvalue weighted by molar-refractivity contribution is 7.15. The van der Waals surface area contributed by atoms with Crippen molar-refractivity contribution in [2.24, 2.45) is 5.73 Å². The molecule has 0 unspecified atom stereocenters. The van der Waals surface area contributed by atoms with Gasteiger partial charge in [0.2, 0.25) is 0 Å². The number of nitrogens with zero attached hydrogens (tertiary/aromatic N) is 6. The third-order valence-electron chi connectivity index (χ3n) is 13.7. The van der Waals surface area contributed by atoms with E-state index in [0.717, 1.165) is 48.2 Å². The number of aromatic carboxylic acids is 1. The molecule has 590 valence electrons. The molecule has 0 atom stereocenters. The van der Waals surface area contributed by atoms with Crippen molar-refractivity contribution < 1.29 is 67.7 Å². The molecule has 0 aliphatic carbocycles. The normalized spacial score (nSPS) is 10.2. The first kappa shape index (κ1) is 89.1. The maximum Gasteiger partial charge on any atom is 0.422 e. The van der Waals surface area contributed by atoms with E-state index < -0.39 is 50.0 Å². The number of pyridine rings is 2. The Morgan fingerprint density at radius 1 is 0.439 bits per heavy atom. The summed E-state index contributed by atoms with van der Waals surface area (Å²) in [7, 11) is 0. The van der Waals surface area contributed by atoms with Crippen molar-refractivity contribution in [3.63, 3.8) is 0 Å². The number of anilines is 7. The number of nitro groups is 3. The van der Waals surface area contributed by atoms with Gasteiger partial charge in [0, 0.05) is 108 Å². The fraction of sp³-hybridized carbons (Fsp3) is 0.128. The average Bonchev–Trinajstić information content (AvgIpc) is 1.39. The van der Waals surface area contributed by atoms with Gasteiger partial charge in [-0.3, -0.25) is 64.8 Å². The second kappa shape index (κ2) is 45.4. The summed E-state index contributed by atoms with van der Waals surface area (Å²) in [6.07, 6.45) is 5.62. The van der Waals surface area contributed by atoms with Gasteiger partial charge in [0.15, 0.2) is 0 Å². The minimum atomic E-state index is -1.09. The molecule has 31 nitrogen and oxygen atoms in total. The van der Waals surface area contributed by atoms with E-state index in [4.69, 9.17) is 26.0 Å². The zero-order valence-corrected chi connectivity index (χ0v) is 65.7. The predicted molar refractivity (Wildman–Crippen MR) is 444 cm³/mol. The number of hydrogen-bond acceptors (Lipinski definition) is 25. The van der Waals surface area contributed by atoms with Crippen LogP contribution in [0.25, 0.3) is 0 Å². The van der Waals surface area contributed by atoms with Crippen molar-refractivity contribution in [1.29, 1.82) is 0 Å². The summed E-state index contributed by atoms with van der Waals surface area (Å²) in [5.41, 5.74) is 14.5. The summed E-state index contributed by atoms with van der Waals surface area (Å²) >= 11 is 7.04. The van der Waals surface area contributed by atoms with Gasteiger partial charge in [-0.05, 0) is 249 Å². The topological polar surface area (TPSA) is 458 Å². The zero-order valence-electron chi connectivity index (χ0n) is 61.6. The van der Waals surface area contributed by atoms with Crippen molar-refractivity contribution in [2.75, 3.05) is 37.2 Å². The molecule has 8 amide bonds.